The summed E-state index contributed by atoms with van der Waals surface area (Å²) in [5, 5.41) is 0.0324. The number of amides is 1. The van der Waals surface area contributed by atoms with E-state index < -0.39 is 6.04 Å². The van der Waals surface area contributed by atoms with Gasteiger partial charge in [0.1, 0.15) is 6.04 Å². The third kappa shape index (κ3) is 6.26. The molecule has 1 saturated heterocycles. The molecule has 1 aliphatic heterocycles. The first-order valence-corrected chi connectivity index (χ1v) is 11.9. The molecule has 0 saturated carbocycles. The molecule has 1 aliphatic rings. The van der Waals surface area contributed by atoms with Crippen molar-refractivity contribution in [3.8, 4) is 0 Å². The third-order valence-electron chi connectivity index (χ3n) is 5.21. The average Bonchev–Trinajstić information content (AvgIpc) is 3.15. The van der Waals surface area contributed by atoms with Crippen LogP contribution in [0.2, 0.25) is 0 Å². The molecular weight excluding hydrogens is 370 g/mol. The van der Waals surface area contributed by atoms with Gasteiger partial charge < -0.3 is 9.64 Å². The number of thioether (sulfide) groups is 1. The molecule has 4 nitrogen and oxygen atoms in total. The van der Waals surface area contributed by atoms with E-state index in [2.05, 4.69) is 32.9 Å². The van der Waals surface area contributed by atoms with Crippen molar-refractivity contribution >= 4 is 23.6 Å². The maximum absolute atomic E-state index is 13.2. The van der Waals surface area contributed by atoms with Crippen LogP contribution in [0.15, 0.2) is 24.3 Å². The van der Waals surface area contributed by atoms with E-state index in [1.807, 2.05) is 12.1 Å². The highest BCUT2D eigenvalue weighted by Gasteiger charge is 2.41. The Kier molecular flexibility index (Phi) is 9.89. The van der Waals surface area contributed by atoms with Crippen LogP contribution < -0.4 is 0 Å². The Hall–Kier alpha value is -1.49. The van der Waals surface area contributed by atoms with Crippen molar-refractivity contribution in [2.45, 2.75) is 83.6 Å². The molecule has 0 spiro atoms. The van der Waals surface area contributed by atoms with Gasteiger partial charge in [-0.05, 0) is 43.4 Å². The van der Waals surface area contributed by atoms with Gasteiger partial charge in [-0.3, -0.25) is 4.79 Å². The quantitative estimate of drug-likeness (QED) is 0.363. The molecule has 2 unspecified atom stereocenters. The van der Waals surface area contributed by atoms with Crippen molar-refractivity contribution < 1.29 is 14.3 Å². The van der Waals surface area contributed by atoms with Crippen LogP contribution in [-0.2, 0) is 16.0 Å². The molecule has 1 amide bonds. The van der Waals surface area contributed by atoms with Gasteiger partial charge in [0, 0.05) is 11.3 Å². The predicted molar refractivity (Wildman–Crippen MR) is 117 cm³/mol. The van der Waals surface area contributed by atoms with Crippen LogP contribution in [0.3, 0.4) is 0 Å². The molecule has 1 aromatic carbocycles. The van der Waals surface area contributed by atoms with Crippen molar-refractivity contribution in [3.63, 3.8) is 0 Å². The monoisotopic (exact) mass is 405 g/mol. The number of carbonyl (C=O) groups excluding carboxylic acids is 2. The Morgan fingerprint density at radius 1 is 1.04 bits per heavy atom. The number of nitrogens with zero attached hydrogens (tertiary/aromatic N) is 1. The molecule has 0 N–H and O–H groups in total. The topological polar surface area (TPSA) is 46.6 Å². The molecule has 28 heavy (non-hydrogen) atoms. The maximum atomic E-state index is 13.2. The van der Waals surface area contributed by atoms with Crippen molar-refractivity contribution in [2.24, 2.45) is 0 Å². The minimum atomic E-state index is -0.479. The van der Waals surface area contributed by atoms with Crippen LogP contribution in [0.25, 0.3) is 0 Å². The fraction of sp³-hybridized carbons (Fsp3) is 0.652. The molecule has 0 radical (unpaired) electrons. The van der Waals surface area contributed by atoms with Gasteiger partial charge in [0.2, 0.25) is 0 Å². The lowest BCUT2D eigenvalue weighted by atomic mass is 10.0. The van der Waals surface area contributed by atoms with Gasteiger partial charge in [0.25, 0.3) is 5.91 Å². The number of carbonyl (C=O) groups is 2. The molecule has 2 atom stereocenters. The smallest absolute Gasteiger partial charge is 0.329 e. The van der Waals surface area contributed by atoms with Crippen LogP contribution in [0.1, 0.15) is 81.6 Å². The Morgan fingerprint density at radius 2 is 1.75 bits per heavy atom. The van der Waals surface area contributed by atoms with E-state index in [4.69, 9.17) is 4.74 Å². The fourth-order valence-corrected chi connectivity index (χ4v) is 4.80. The molecule has 0 aliphatic carbocycles. The highest BCUT2D eigenvalue weighted by atomic mass is 32.2. The van der Waals surface area contributed by atoms with Gasteiger partial charge in [-0.1, -0.05) is 58.6 Å². The zero-order chi connectivity index (χ0) is 20.4. The largest absolute Gasteiger partial charge is 0.464 e. The fourth-order valence-electron chi connectivity index (χ4n) is 3.46. The normalized spacial score (nSPS) is 19.0. The lowest BCUT2D eigenvalue weighted by Gasteiger charge is -2.28. The Morgan fingerprint density at radius 3 is 2.39 bits per heavy atom. The third-order valence-corrected chi connectivity index (χ3v) is 6.66. The lowest BCUT2D eigenvalue weighted by molar-refractivity contribution is -0.148. The van der Waals surface area contributed by atoms with Crippen LogP contribution >= 0.6 is 11.8 Å². The lowest BCUT2D eigenvalue weighted by Crippen LogP contribution is -2.46. The molecule has 1 fully saturated rings. The number of aryl methyl sites for hydroxylation is 1. The van der Waals surface area contributed by atoms with Gasteiger partial charge in [0.15, 0.2) is 0 Å². The first-order chi connectivity index (χ1) is 13.6. The molecule has 0 aromatic heterocycles. The molecule has 5 heteroatoms. The van der Waals surface area contributed by atoms with E-state index in [1.165, 1.54) is 31.2 Å². The van der Waals surface area contributed by atoms with Crippen molar-refractivity contribution in [1.82, 2.24) is 4.90 Å². The number of hydrogen-bond acceptors (Lipinski definition) is 4. The van der Waals surface area contributed by atoms with E-state index in [-0.39, 0.29) is 17.3 Å². The van der Waals surface area contributed by atoms with Gasteiger partial charge in [-0.25, -0.2) is 4.79 Å². The minimum absolute atomic E-state index is 0.0324. The van der Waals surface area contributed by atoms with Gasteiger partial charge in [-0.15, -0.1) is 11.8 Å². The van der Waals surface area contributed by atoms with E-state index in [9.17, 15) is 9.59 Å². The standard InChI is InChI=1S/C23H35NO3S/c1-4-7-9-10-11-18-12-14-19(15-13-18)22(25)24-20(17-28-21(24)6-3)23(26)27-16-8-5-2/h12-15,20-21H,4-11,16-17H2,1-3H3. The summed E-state index contributed by atoms with van der Waals surface area (Å²) in [7, 11) is 0. The number of benzene rings is 1. The number of ether oxygens (including phenoxy) is 1. The Balaban J connectivity index is 2.02. The summed E-state index contributed by atoms with van der Waals surface area (Å²) in [6.45, 7) is 6.77. The van der Waals surface area contributed by atoms with Gasteiger partial charge in [-0.2, -0.15) is 0 Å². The van der Waals surface area contributed by atoms with Crippen molar-refractivity contribution in [2.75, 3.05) is 12.4 Å². The molecule has 1 heterocycles. The SMILES string of the molecule is CCCCCCc1ccc(C(=O)N2C(CC)SCC2C(=O)OCCCC)cc1. The second kappa shape index (κ2) is 12.2. The van der Waals surface area contributed by atoms with Crippen LogP contribution in [0.5, 0.6) is 0 Å². The van der Waals surface area contributed by atoms with Gasteiger partial charge >= 0.3 is 5.97 Å². The van der Waals surface area contributed by atoms with E-state index >= 15 is 0 Å². The minimum Gasteiger partial charge on any atom is -0.464 e. The predicted octanol–water partition coefficient (Wildman–Crippen LogP) is 5.45. The molecule has 156 valence electrons. The number of rotatable bonds is 11. The molecule has 1 aromatic rings. The van der Waals surface area contributed by atoms with E-state index in [0.29, 0.717) is 17.9 Å². The van der Waals surface area contributed by atoms with Crippen LogP contribution in [0.4, 0.5) is 0 Å². The summed E-state index contributed by atoms with van der Waals surface area (Å²) in [4.78, 5) is 27.4. The zero-order valence-corrected chi connectivity index (χ0v) is 18.4. The zero-order valence-electron chi connectivity index (χ0n) is 17.6. The summed E-state index contributed by atoms with van der Waals surface area (Å²) in [6, 6.07) is 7.45. The van der Waals surface area contributed by atoms with Crippen molar-refractivity contribution in [1.29, 1.82) is 0 Å². The number of unbranched alkanes of at least 4 members (excludes halogenated alkanes) is 4. The summed E-state index contributed by atoms with van der Waals surface area (Å²) >= 11 is 1.67. The summed E-state index contributed by atoms with van der Waals surface area (Å²) in [5.41, 5.74) is 1.93. The molecular formula is C23H35NO3S. The van der Waals surface area contributed by atoms with Crippen LogP contribution in [-0.4, -0.2) is 40.6 Å². The maximum Gasteiger partial charge on any atom is 0.329 e. The highest BCUT2D eigenvalue weighted by Crippen LogP contribution is 2.33. The summed E-state index contributed by atoms with van der Waals surface area (Å²) < 4.78 is 5.41. The highest BCUT2D eigenvalue weighted by molar-refractivity contribution is 8.00. The molecule has 0 bridgehead atoms. The second-order valence-electron chi connectivity index (χ2n) is 7.45. The first kappa shape index (κ1) is 22.8. The Bertz CT molecular complexity index is 617. The second-order valence-corrected chi connectivity index (χ2v) is 8.66. The number of esters is 1. The average molecular weight is 406 g/mol. The summed E-state index contributed by atoms with van der Waals surface area (Å²) in [6.07, 6.45) is 8.67. The van der Waals surface area contributed by atoms with Crippen LogP contribution in [0, 0.1) is 0 Å². The number of hydrogen-bond donors (Lipinski definition) is 0. The first-order valence-electron chi connectivity index (χ1n) is 10.8. The van der Waals surface area contributed by atoms with E-state index in [1.54, 1.807) is 16.7 Å². The Labute approximate surface area is 174 Å². The van der Waals surface area contributed by atoms with Crippen molar-refractivity contribution in [3.05, 3.63) is 35.4 Å². The van der Waals surface area contributed by atoms with Gasteiger partial charge in [0.05, 0.1) is 12.0 Å². The molecule has 2 rings (SSSR count). The summed E-state index contributed by atoms with van der Waals surface area (Å²) in [5.74, 6) is 0.287. The van der Waals surface area contributed by atoms with E-state index in [0.717, 1.165) is 25.7 Å².